The number of thioether (sulfide) groups is 2. The molecule has 36 heteroatoms. The number of aromatic nitrogens is 15. The van der Waals surface area contributed by atoms with E-state index in [0.29, 0.717) is 46.3 Å². The van der Waals surface area contributed by atoms with Gasteiger partial charge in [-0.3, -0.25) is 68.6 Å². The first-order chi connectivity index (χ1) is 53.9. The number of halogens is 8. The molecule has 5 amide bonds. The minimum absolute atomic E-state index is 0.0212. The maximum Gasteiger partial charge on any atom is 0.415 e. The summed E-state index contributed by atoms with van der Waals surface area (Å²) in [6.07, 6.45) is 48.5. The molecule has 10 aromatic rings. The van der Waals surface area contributed by atoms with Gasteiger partial charge in [0.05, 0.1) is 130 Å². The van der Waals surface area contributed by atoms with Crippen LogP contribution in [0.1, 0.15) is 60.8 Å². The van der Waals surface area contributed by atoms with E-state index in [9.17, 15) is 37.1 Å². The van der Waals surface area contributed by atoms with Gasteiger partial charge in [0.15, 0.2) is 25.8 Å². The van der Waals surface area contributed by atoms with E-state index in [4.69, 9.17) is 94.9 Å². The fourth-order valence-electron chi connectivity index (χ4n) is 9.54. The number of pyridine rings is 5. The Morgan fingerprint density at radius 1 is 0.451 bits per heavy atom. The number of hydrogen-bond donors (Lipinski definition) is 0. The molecule has 0 saturated carbocycles. The van der Waals surface area contributed by atoms with Gasteiger partial charge >= 0.3 is 12.3 Å². The van der Waals surface area contributed by atoms with Crippen LogP contribution in [0.4, 0.5) is 46.4 Å². The van der Waals surface area contributed by atoms with Gasteiger partial charge in [0.25, 0.3) is 0 Å². The molecule has 0 radical (unpaired) electrons. The van der Waals surface area contributed by atoms with E-state index in [1.165, 1.54) is 41.4 Å². The van der Waals surface area contributed by atoms with E-state index in [1.807, 2.05) is 57.5 Å². The van der Waals surface area contributed by atoms with Crippen LogP contribution in [0.3, 0.4) is 0 Å². The highest BCUT2D eigenvalue weighted by Crippen LogP contribution is 2.33. The molecule has 0 aliphatic heterocycles. The highest BCUT2D eigenvalue weighted by atomic mass is 35.5. The molecule has 1 unspecified atom stereocenters. The lowest BCUT2D eigenvalue weighted by molar-refractivity contribution is -0.143. The molecule has 1 atom stereocenters. The molecule has 588 valence electrons. The summed E-state index contributed by atoms with van der Waals surface area (Å²) in [4.78, 5) is 88.4. The summed E-state index contributed by atoms with van der Waals surface area (Å²) >= 11 is 34.0. The summed E-state index contributed by atoms with van der Waals surface area (Å²) in [6.45, 7) is 11.1. The summed E-state index contributed by atoms with van der Waals surface area (Å²) in [6, 6.07) is 17.9. The van der Waals surface area contributed by atoms with Crippen molar-refractivity contribution in [2.75, 3.05) is 81.2 Å². The van der Waals surface area contributed by atoms with Crippen molar-refractivity contribution >= 4 is 140 Å². The van der Waals surface area contributed by atoms with Gasteiger partial charge in [0.2, 0.25) is 23.6 Å². The van der Waals surface area contributed by atoms with Crippen molar-refractivity contribution in [1.29, 1.82) is 0 Å². The molecule has 0 aliphatic rings. The third-order valence-electron chi connectivity index (χ3n) is 14.7. The van der Waals surface area contributed by atoms with E-state index in [-0.39, 0.29) is 93.7 Å². The van der Waals surface area contributed by atoms with Gasteiger partial charge in [-0.2, -0.15) is 62.2 Å². The van der Waals surface area contributed by atoms with Gasteiger partial charge in [0, 0.05) is 67.2 Å². The van der Waals surface area contributed by atoms with Crippen molar-refractivity contribution in [3.8, 4) is 90.2 Å². The van der Waals surface area contributed by atoms with Crippen LogP contribution >= 0.6 is 81.5 Å². The zero-order valence-corrected chi connectivity index (χ0v) is 67.7. The number of carbonyl (C=O) groups excluding carboxylic acids is 5. The third kappa shape index (κ3) is 27.3. The van der Waals surface area contributed by atoms with Crippen molar-refractivity contribution in [2.24, 2.45) is 11.8 Å². The monoisotopic (exact) mass is 1670 g/mol. The molecule has 10 rings (SSSR count). The summed E-state index contributed by atoms with van der Waals surface area (Å²) < 4.78 is 49.9. The lowest BCUT2D eigenvalue weighted by Crippen LogP contribution is -2.37. The number of hydrogen-bond acceptors (Lipinski definition) is 18. The van der Waals surface area contributed by atoms with Crippen LogP contribution in [0.25, 0.3) is 28.4 Å². The molecule has 0 fully saturated rings. The predicted octanol–water partition coefficient (Wildman–Crippen LogP) is 14.6. The molecule has 10 aromatic heterocycles. The number of carbonyl (C=O) groups is 5. The molecule has 0 aromatic carbocycles. The van der Waals surface area contributed by atoms with Crippen LogP contribution in [-0.2, 0) is 23.9 Å². The van der Waals surface area contributed by atoms with Crippen LogP contribution in [0.5, 0.6) is 0 Å². The summed E-state index contributed by atoms with van der Waals surface area (Å²) in [5, 5.41) is 21.7. The summed E-state index contributed by atoms with van der Waals surface area (Å²) in [7, 11) is 0. The minimum Gasteiger partial charge on any atom is -0.443 e. The molecular weight excluding hydrogens is 1600 g/mol. The van der Waals surface area contributed by atoms with Gasteiger partial charge in [-0.05, 0) is 93.9 Å². The number of terminal acetylenes is 5. The molecule has 26 nitrogen and oxygen atoms in total. The van der Waals surface area contributed by atoms with E-state index in [1.54, 1.807) is 175 Å². The van der Waals surface area contributed by atoms with Crippen LogP contribution in [0.2, 0.25) is 25.8 Å². The van der Waals surface area contributed by atoms with Gasteiger partial charge in [-0.1, -0.05) is 108 Å². The Balaban J connectivity index is 0.000000220. The Kier molecular flexibility index (Phi) is 35.8. The average molecular weight is 1680 g/mol. The largest absolute Gasteiger partial charge is 0.443 e. The predicted molar refractivity (Wildman–Crippen MR) is 440 cm³/mol. The maximum absolute atomic E-state index is 12.6. The SMILES string of the molecule is C#CCN(C(=O)C(C)C)c1cn(-c2cccnc2)nc1Cl.C#CCN(C(=O)C(C)CSC)c1cn(-c2cccnc2)nc1Cl.C#CCN(C(=O)CCC(F)(F)F)c1cn(-c2cccnc2)nc1Cl.C#CCN(C(=O)CCSC)c1cn(-c2cccnc2)nc1Cl.C#CCN(C(=O)OC(C)(C)C)c1cn(-c2cccnc2)nc1Cl. The second-order valence-corrected chi connectivity index (χ2v) is 28.3. The van der Waals surface area contributed by atoms with E-state index in [0.717, 1.165) is 27.7 Å². The quantitative estimate of drug-likeness (QED) is 0.0509. The number of amides is 5. The van der Waals surface area contributed by atoms with Crippen LogP contribution in [0, 0.1) is 73.6 Å². The zero-order chi connectivity index (χ0) is 83.0. The second-order valence-electron chi connectivity index (χ2n) is 24.6. The third-order valence-corrected chi connectivity index (χ3v) is 17.5. The highest BCUT2D eigenvalue weighted by Gasteiger charge is 2.32. The smallest absolute Gasteiger partial charge is 0.415 e. The lowest BCUT2D eigenvalue weighted by Gasteiger charge is -2.25. The highest BCUT2D eigenvalue weighted by molar-refractivity contribution is 7.98. The Hall–Kier alpha value is -11.3. The fraction of sp³-hybridized carbons (Fsp3) is 0.286. The number of nitrogens with zero attached hydrogens (tertiary/aromatic N) is 20. The molecule has 0 spiro atoms. The molecule has 0 bridgehead atoms. The van der Waals surface area contributed by atoms with Gasteiger partial charge in [-0.25, -0.2) is 28.2 Å². The lowest BCUT2D eigenvalue weighted by atomic mass is 10.2. The minimum atomic E-state index is -4.43. The van der Waals surface area contributed by atoms with E-state index in [2.05, 4.69) is 80.0 Å². The topological polar surface area (TPSA) is 264 Å². The van der Waals surface area contributed by atoms with Gasteiger partial charge in [0.1, 0.15) is 34.0 Å². The number of rotatable bonds is 24. The molecular formula is C77H76Cl5F3N20O6S2. The Morgan fingerprint density at radius 2 is 0.735 bits per heavy atom. The van der Waals surface area contributed by atoms with Crippen LogP contribution in [-0.4, -0.2) is 172 Å². The first-order valence-corrected chi connectivity index (χ1v) is 38.3. The van der Waals surface area contributed by atoms with E-state index < -0.39 is 36.6 Å². The molecule has 0 aliphatic carbocycles. The van der Waals surface area contributed by atoms with E-state index >= 15 is 0 Å². The normalized spacial score (nSPS) is 10.9. The Bertz CT molecular complexity index is 5000. The molecule has 113 heavy (non-hydrogen) atoms. The van der Waals surface area contributed by atoms with Crippen molar-refractivity contribution < 1.29 is 41.9 Å². The van der Waals surface area contributed by atoms with Crippen molar-refractivity contribution in [3.63, 3.8) is 0 Å². The molecule has 10 heterocycles. The van der Waals surface area contributed by atoms with Crippen LogP contribution < -0.4 is 24.5 Å². The first kappa shape index (κ1) is 90.6. The second kappa shape index (κ2) is 44.7. The summed E-state index contributed by atoms with van der Waals surface area (Å²) in [5.41, 5.74) is 4.95. The van der Waals surface area contributed by atoms with Crippen molar-refractivity contribution in [2.45, 2.75) is 72.6 Å². The number of anilines is 5. The van der Waals surface area contributed by atoms with Crippen molar-refractivity contribution in [3.05, 3.63) is 179 Å². The number of alkyl halides is 3. The first-order valence-electron chi connectivity index (χ1n) is 33.7. The Morgan fingerprint density at radius 3 is 1.00 bits per heavy atom. The molecule has 0 saturated heterocycles. The zero-order valence-electron chi connectivity index (χ0n) is 62.3. The number of ether oxygens (including phenoxy) is 1. The summed E-state index contributed by atoms with van der Waals surface area (Å²) in [5.74, 6) is 12.2. The van der Waals surface area contributed by atoms with Gasteiger partial charge < -0.3 is 4.74 Å². The average Bonchev–Trinajstić information content (AvgIpc) is 1.70. The fourth-order valence-corrected chi connectivity index (χ4v) is 11.7. The van der Waals surface area contributed by atoms with Gasteiger partial charge in [-0.15, -0.1) is 32.1 Å². The van der Waals surface area contributed by atoms with Crippen molar-refractivity contribution in [1.82, 2.24) is 73.8 Å². The Labute approximate surface area is 686 Å². The maximum atomic E-state index is 12.6. The molecule has 0 N–H and O–H groups in total. The van der Waals surface area contributed by atoms with Crippen LogP contribution in [0.15, 0.2) is 154 Å². The standard InChI is InChI=1S/C16H17ClN4O2.C16H17ClN4OS.C15H12ClF3N4O.C15H15ClN4OS.C15H15ClN4O/c1-5-9-20(15(22)23-16(2,3)4)13-11-21(19-14(13)17)12-7-6-8-18-10-12;1-4-8-20(16(22)12(2)11-23-3)14-10-21(19-15(14)17)13-6-5-7-18-9-13;1-2-8-22(13(24)5-6-15(17,18)19)12-10-23(21-14(12)16)11-4-3-7-20-9-11;1-3-8-19(14(21)6-9-22-2)13-11-20(18-15(13)16)12-5-4-7-17-10-12;1-4-8-19(15(21)11(2)3)13-10-20(18-14(13)16)12-6-5-7-17-9-12/h1,6-8,10-11H,9H2,2-4H3;1,5-7,9-10,12H,8,11H2,2-3H3;1,3-4,7,9-10H,5-6,8H2;1,4-5,7,10-11H,6,8-9H2,2H3;1,5-7,9-11H,8H2,2-3H3.